The molecule has 2 aromatic rings. The summed E-state index contributed by atoms with van der Waals surface area (Å²) in [6.45, 7) is 1.14. The minimum absolute atomic E-state index is 0.397. The van der Waals surface area contributed by atoms with Crippen molar-refractivity contribution in [2.45, 2.75) is 13.1 Å². The van der Waals surface area contributed by atoms with Crippen molar-refractivity contribution < 1.29 is 13.9 Å². The highest BCUT2D eigenvalue weighted by molar-refractivity contribution is 5.88. The summed E-state index contributed by atoms with van der Waals surface area (Å²) in [4.78, 5) is 18.2. The maximum absolute atomic E-state index is 11.2. The summed E-state index contributed by atoms with van der Waals surface area (Å²) in [5.41, 5.74) is 0.419. The van der Waals surface area contributed by atoms with E-state index in [-0.39, 0.29) is 0 Å². The van der Waals surface area contributed by atoms with Crippen molar-refractivity contribution in [3.05, 3.63) is 41.9 Å². The molecule has 0 aliphatic rings. The Kier molecular flexibility index (Phi) is 3.56. The van der Waals surface area contributed by atoms with Crippen LogP contribution in [0.4, 0.5) is 0 Å². The topological polar surface area (TPSA) is 80.2 Å². The number of hydrogen-bond donors (Lipinski definition) is 2. The Balaban J connectivity index is 1.83. The molecule has 0 unspecified atom stereocenters. The average Bonchev–Trinajstić information content (AvgIpc) is 2.99. The van der Waals surface area contributed by atoms with Gasteiger partial charge in [0.2, 0.25) is 0 Å². The number of nitrogens with zero attached hydrogens (tertiary/aromatic N) is 1. The maximum Gasteiger partial charge on any atom is 0.341 e. The number of imidazole rings is 1. The lowest BCUT2D eigenvalue weighted by molar-refractivity contribution is 0.0600. The number of hydrogen-bond acceptors (Lipinski definition) is 5. The van der Waals surface area contributed by atoms with Crippen LogP contribution in [0.1, 0.15) is 21.9 Å². The van der Waals surface area contributed by atoms with Crippen LogP contribution in [0.3, 0.4) is 0 Å². The smallest absolute Gasteiger partial charge is 0.341 e. The molecule has 17 heavy (non-hydrogen) atoms. The third-order valence-electron chi connectivity index (χ3n) is 2.22. The van der Waals surface area contributed by atoms with Crippen molar-refractivity contribution in [1.29, 1.82) is 0 Å². The molecule has 0 aliphatic carbocycles. The van der Waals surface area contributed by atoms with Gasteiger partial charge in [0.05, 0.1) is 25.8 Å². The fourth-order valence-electron chi connectivity index (χ4n) is 1.40. The van der Waals surface area contributed by atoms with Crippen LogP contribution in [0, 0.1) is 0 Å². The van der Waals surface area contributed by atoms with E-state index in [9.17, 15) is 4.79 Å². The van der Waals surface area contributed by atoms with Crippen molar-refractivity contribution in [2.24, 2.45) is 0 Å². The highest BCUT2D eigenvalue weighted by Gasteiger charge is 2.09. The van der Waals surface area contributed by atoms with Gasteiger partial charge in [0.1, 0.15) is 17.8 Å². The zero-order chi connectivity index (χ0) is 12.1. The molecule has 0 saturated heterocycles. The Morgan fingerprint density at radius 3 is 3.18 bits per heavy atom. The summed E-state index contributed by atoms with van der Waals surface area (Å²) >= 11 is 0. The number of carbonyl (C=O) groups excluding carboxylic acids is 1. The SMILES string of the molecule is COC(=O)c1coc(CNCc2ncc[nH]2)c1. The molecule has 2 N–H and O–H groups in total. The van der Waals surface area contributed by atoms with Crippen LogP contribution in [0.5, 0.6) is 0 Å². The number of rotatable bonds is 5. The van der Waals surface area contributed by atoms with Gasteiger partial charge in [-0.25, -0.2) is 9.78 Å². The van der Waals surface area contributed by atoms with Crippen LogP contribution in [0.15, 0.2) is 29.1 Å². The fourth-order valence-corrected chi connectivity index (χ4v) is 1.40. The molecule has 0 aromatic carbocycles. The number of ether oxygens (including phenoxy) is 1. The molecule has 0 amide bonds. The van der Waals surface area contributed by atoms with Gasteiger partial charge in [-0.3, -0.25) is 0 Å². The molecule has 2 heterocycles. The van der Waals surface area contributed by atoms with Crippen molar-refractivity contribution in [2.75, 3.05) is 7.11 Å². The number of esters is 1. The number of nitrogens with one attached hydrogen (secondary N) is 2. The molecule has 0 radical (unpaired) electrons. The Bertz CT molecular complexity index is 476. The first-order chi connectivity index (χ1) is 8.29. The standard InChI is InChI=1S/C11H13N3O3/c1-16-11(15)8-4-9(17-7-8)5-12-6-10-13-2-3-14-10/h2-4,7,12H,5-6H2,1H3,(H,13,14). The predicted octanol–water partition coefficient (Wildman–Crippen LogP) is 1.08. The Labute approximate surface area is 98.0 Å². The minimum Gasteiger partial charge on any atom is -0.467 e. The van der Waals surface area contributed by atoms with Crippen LogP contribution in [-0.2, 0) is 17.8 Å². The van der Waals surface area contributed by atoms with Crippen LogP contribution in [-0.4, -0.2) is 23.0 Å². The van der Waals surface area contributed by atoms with Crippen molar-refractivity contribution in [1.82, 2.24) is 15.3 Å². The normalized spacial score (nSPS) is 10.4. The van der Waals surface area contributed by atoms with Gasteiger partial charge in [0.15, 0.2) is 0 Å². The highest BCUT2D eigenvalue weighted by Crippen LogP contribution is 2.08. The fraction of sp³-hybridized carbons (Fsp3) is 0.273. The van der Waals surface area contributed by atoms with Gasteiger partial charge in [-0.2, -0.15) is 0 Å². The Morgan fingerprint density at radius 1 is 1.59 bits per heavy atom. The van der Waals surface area contributed by atoms with Gasteiger partial charge in [-0.1, -0.05) is 0 Å². The lowest BCUT2D eigenvalue weighted by atomic mass is 10.3. The molecule has 6 nitrogen and oxygen atoms in total. The number of carbonyl (C=O) groups is 1. The molecule has 2 rings (SSSR count). The van der Waals surface area contributed by atoms with E-state index in [4.69, 9.17) is 4.42 Å². The van der Waals surface area contributed by atoms with Crippen molar-refractivity contribution in [3.8, 4) is 0 Å². The zero-order valence-electron chi connectivity index (χ0n) is 9.40. The molecule has 0 fully saturated rings. The average molecular weight is 235 g/mol. The van der Waals surface area contributed by atoms with Crippen LogP contribution < -0.4 is 5.32 Å². The van der Waals surface area contributed by atoms with E-state index in [1.54, 1.807) is 18.5 Å². The number of aromatic nitrogens is 2. The van der Waals surface area contributed by atoms with E-state index in [1.165, 1.54) is 13.4 Å². The summed E-state index contributed by atoms with van der Waals surface area (Å²) < 4.78 is 9.79. The summed E-state index contributed by atoms with van der Waals surface area (Å²) in [5.74, 6) is 1.13. The summed E-state index contributed by atoms with van der Waals surface area (Å²) in [6, 6.07) is 1.65. The van der Waals surface area contributed by atoms with E-state index in [2.05, 4.69) is 20.0 Å². The van der Waals surface area contributed by atoms with E-state index < -0.39 is 5.97 Å². The molecule has 0 aliphatic heterocycles. The van der Waals surface area contributed by atoms with Gasteiger partial charge in [0, 0.05) is 12.4 Å². The van der Waals surface area contributed by atoms with Gasteiger partial charge in [-0.15, -0.1) is 0 Å². The molecule has 0 bridgehead atoms. The van der Waals surface area contributed by atoms with Crippen LogP contribution >= 0.6 is 0 Å². The zero-order valence-corrected chi connectivity index (χ0v) is 9.40. The summed E-state index contributed by atoms with van der Waals surface area (Å²) in [6.07, 6.45) is 4.84. The quantitative estimate of drug-likeness (QED) is 0.758. The molecule has 90 valence electrons. The van der Waals surface area contributed by atoms with Gasteiger partial charge >= 0.3 is 5.97 Å². The third kappa shape index (κ3) is 2.94. The Morgan fingerprint density at radius 2 is 2.47 bits per heavy atom. The minimum atomic E-state index is -0.397. The highest BCUT2D eigenvalue weighted by atomic mass is 16.5. The maximum atomic E-state index is 11.2. The Hall–Kier alpha value is -2.08. The van der Waals surface area contributed by atoms with Crippen LogP contribution in [0.2, 0.25) is 0 Å². The van der Waals surface area contributed by atoms with Gasteiger partial charge < -0.3 is 19.5 Å². The lowest BCUT2D eigenvalue weighted by Gasteiger charge is -1.98. The molecular formula is C11H13N3O3. The molecule has 0 spiro atoms. The summed E-state index contributed by atoms with van der Waals surface area (Å²) in [5, 5.41) is 3.13. The molecule has 2 aromatic heterocycles. The first-order valence-corrected chi connectivity index (χ1v) is 5.14. The van der Waals surface area contributed by atoms with Gasteiger partial charge in [0.25, 0.3) is 0 Å². The largest absolute Gasteiger partial charge is 0.467 e. The molecule has 0 atom stereocenters. The third-order valence-corrected chi connectivity index (χ3v) is 2.22. The molecule has 0 saturated carbocycles. The monoisotopic (exact) mass is 235 g/mol. The number of aromatic amines is 1. The second-order valence-corrected chi connectivity index (χ2v) is 3.43. The van der Waals surface area contributed by atoms with E-state index >= 15 is 0 Å². The van der Waals surface area contributed by atoms with Crippen LogP contribution in [0.25, 0.3) is 0 Å². The van der Waals surface area contributed by atoms with Gasteiger partial charge in [-0.05, 0) is 6.07 Å². The summed E-state index contributed by atoms with van der Waals surface area (Å²) in [7, 11) is 1.34. The van der Waals surface area contributed by atoms with Crippen molar-refractivity contribution in [3.63, 3.8) is 0 Å². The van der Waals surface area contributed by atoms with Crippen molar-refractivity contribution >= 4 is 5.97 Å². The second-order valence-electron chi connectivity index (χ2n) is 3.43. The van der Waals surface area contributed by atoms with E-state index in [0.717, 1.165) is 5.82 Å². The van der Waals surface area contributed by atoms with E-state index in [1.807, 2.05) is 0 Å². The van der Waals surface area contributed by atoms with E-state index in [0.29, 0.717) is 24.4 Å². The first kappa shape index (κ1) is 11.4. The molecular weight excluding hydrogens is 222 g/mol. The molecule has 6 heteroatoms. The lowest BCUT2D eigenvalue weighted by Crippen LogP contribution is -2.13. The second kappa shape index (κ2) is 5.31. The predicted molar refractivity (Wildman–Crippen MR) is 59.2 cm³/mol. The first-order valence-electron chi connectivity index (χ1n) is 5.14. The number of H-pyrrole nitrogens is 1. The number of furan rings is 1. The number of methoxy groups -OCH3 is 1.